The summed E-state index contributed by atoms with van der Waals surface area (Å²) in [4.78, 5) is 0. The molecule has 17 heavy (non-hydrogen) atoms. The second kappa shape index (κ2) is 7.25. The van der Waals surface area contributed by atoms with Crippen molar-refractivity contribution in [2.45, 2.75) is 32.4 Å². The normalized spacial score (nSPS) is 12.5. The minimum absolute atomic E-state index is 0.246. The molecule has 1 aromatic carbocycles. The van der Waals surface area contributed by atoms with E-state index in [1.54, 1.807) is 6.07 Å². The lowest BCUT2D eigenvalue weighted by molar-refractivity contribution is 0.386. The summed E-state index contributed by atoms with van der Waals surface area (Å²) in [5, 5.41) is 3.26. The van der Waals surface area contributed by atoms with Gasteiger partial charge in [0.15, 0.2) is 11.6 Å². The molecule has 0 fully saturated rings. The SMILES string of the molecule is COc1ccc(CNCCCC(C)N)cc1F. The molecule has 0 aliphatic carbocycles. The standard InChI is InChI=1S/C13H21FN2O/c1-10(15)4-3-7-16-9-11-5-6-13(17-2)12(14)8-11/h5-6,8,10,16H,3-4,7,9,15H2,1-2H3. The Balaban J connectivity index is 2.30. The highest BCUT2D eigenvalue weighted by molar-refractivity contribution is 5.29. The average molecular weight is 240 g/mol. The van der Waals surface area contributed by atoms with Crippen molar-refractivity contribution in [1.82, 2.24) is 5.32 Å². The molecular formula is C13H21FN2O. The van der Waals surface area contributed by atoms with Crippen molar-refractivity contribution in [3.8, 4) is 5.75 Å². The fraction of sp³-hybridized carbons (Fsp3) is 0.538. The molecule has 4 heteroatoms. The van der Waals surface area contributed by atoms with E-state index in [1.807, 2.05) is 13.0 Å². The number of methoxy groups -OCH3 is 1. The minimum atomic E-state index is -0.317. The molecule has 1 atom stereocenters. The Hall–Kier alpha value is -1.13. The zero-order chi connectivity index (χ0) is 12.7. The number of hydrogen-bond acceptors (Lipinski definition) is 3. The van der Waals surface area contributed by atoms with Crippen molar-refractivity contribution in [2.24, 2.45) is 5.73 Å². The number of nitrogens with one attached hydrogen (secondary N) is 1. The highest BCUT2D eigenvalue weighted by Crippen LogP contribution is 2.17. The van der Waals surface area contributed by atoms with Crippen LogP contribution in [-0.2, 0) is 6.54 Å². The molecular weight excluding hydrogens is 219 g/mol. The van der Waals surface area contributed by atoms with Crippen molar-refractivity contribution in [2.75, 3.05) is 13.7 Å². The molecule has 0 aliphatic heterocycles. The highest BCUT2D eigenvalue weighted by Gasteiger charge is 2.02. The van der Waals surface area contributed by atoms with E-state index in [0.29, 0.717) is 6.54 Å². The summed E-state index contributed by atoms with van der Waals surface area (Å²) in [5.74, 6) is -0.0342. The van der Waals surface area contributed by atoms with Gasteiger partial charge in [-0.2, -0.15) is 0 Å². The van der Waals surface area contributed by atoms with E-state index < -0.39 is 0 Å². The highest BCUT2D eigenvalue weighted by atomic mass is 19.1. The lowest BCUT2D eigenvalue weighted by atomic mass is 10.2. The van der Waals surface area contributed by atoms with E-state index in [4.69, 9.17) is 10.5 Å². The molecule has 0 aliphatic rings. The van der Waals surface area contributed by atoms with E-state index in [0.717, 1.165) is 24.9 Å². The molecule has 0 bridgehead atoms. The largest absolute Gasteiger partial charge is 0.494 e. The fourth-order valence-electron chi connectivity index (χ4n) is 1.60. The van der Waals surface area contributed by atoms with Gasteiger partial charge in [-0.3, -0.25) is 0 Å². The van der Waals surface area contributed by atoms with Gasteiger partial charge in [-0.15, -0.1) is 0 Å². The molecule has 0 saturated carbocycles. The maximum Gasteiger partial charge on any atom is 0.165 e. The summed E-state index contributed by atoms with van der Waals surface area (Å²) in [6.07, 6.45) is 2.04. The molecule has 1 aromatic rings. The molecule has 0 heterocycles. The van der Waals surface area contributed by atoms with Gasteiger partial charge in [0.2, 0.25) is 0 Å². The summed E-state index contributed by atoms with van der Waals surface area (Å²) in [5.41, 5.74) is 6.57. The number of nitrogens with two attached hydrogens (primary N) is 1. The van der Waals surface area contributed by atoms with E-state index in [-0.39, 0.29) is 17.6 Å². The Bertz CT molecular complexity index is 342. The third-order valence-corrected chi connectivity index (χ3v) is 2.56. The summed E-state index contributed by atoms with van der Waals surface area (Å²) >= 11 is 0. The first kappa shape index (κ1) is 13.9. The monoisotopic (exact) mass is 240 g/mol. The topological polar surface area (TPSA) is 47.3 Å². The summed E-state index contributed by atoms with van der Waals surface area (Å²) < 4.78 is 18.2. The van der Waals surface area contributed by atoms with Gasteiger partial charge in [0.05, 0.1) is 7.11 Å². The van der Waals surface area contributed by atoms with Gasteiger partial charge in [0.25, 0.3) is 0 Å². The zero-order valence-electron chi connectivity index (χ0n) is 10.5. The van der Waals surface area contributed by atoms with Gasteiger partial charge < -0.3 is 15.8 Å². The molecule has 96 valence electrons. The predicted octanol–water partition coefficient (Wildman–Crippen LogP) is 2.05. The van der Waals surface area contributed by atoms with Gasteiger partial charge in [-0.25, -0.2) is 4.39 Å². The second-order valence-electron chi connectivity index (χ2n) is 4.27. The summed E-state index contributed by atoms with van der Waals surface area (Å²) in [7, 11) is 1.46. The van der Waals surface area contributed by atoms with Crippen LogP contribution in [0, 0.1) is 5.82 Å². The van der Waals surface area contributed by atoms with Crippen LogP contribution < -0.4 is 15.8 Å². The molecule has 3 nitrogen and oxygen atoms in total. The molecule has 3 N–H and O–H groups in total. The number of rotatable bonds is 7. The smallest absolute Gasteiger partial charge is 0.165 e. The van der Waals surface area contributed by atoms with Gasteiger partial charge in [-0.05, 0) is 44.0 Å². The van der Waals surface area contributed by atoms with Crippen LogP contribution in [0.15, 0.2) is 18.2 Å². The first-order chi connectivity index (χ1) is 8.13. The Kier molecular flexibility index (Phi) is 5.94. The molecule has 1 unspecified atom stereocenters. The van der Waals surface area contributed by atoms with Gasteiger partial charge in [0.1, 0.15) is 0 Å². The molecule has 0 radical (unpaired) electrons. The van der Waals surface area contributed by atoms with Crippen LogP contribution in [0.1, 0.15) is 25.3 Å². The van der Waals surface area contributed by atoms with Crippen LogP contribution in [0.3, 0.4) is 0 Å². The van der Waals surface area contributed by atoms with Crippen LogP contribution in [0.25, 0.3) is 0 Å². The van der Waals surface area contributed by atoms with E-state index >= 15 is 0 Å². The predicted molar refractivity (Wildman–Crippen MR) is 67.5 cm³/mol. The number of hydrogen-bond donors (Lipinski definition) is 2. The van der Waals surface area contributed by atoms with Gasteiger partial charge >= 0.3 is 0 Å². The van der Waals surface area contributed by atoms with Crippen LogP contribution in [-0.4, -0.2) is 19.7 Å². The lowest BCUT2D eigenvalue weighted by Crippen LogP contribution is -2.19. The van der Waals surface area contributed by atoms with Crippen molar-refractivity contribution in [1.29, 1.82) is 0 Å². The van der Waals surface area contributed by atoms with Crippen LogP contribution in [0.5, 0.6) is 5.75 Å². The Morgan fingerprint density at radius 1 is 1.47 bits per heavy atom. The van der Waals surface area contributed by atoms with Crippen molar-refractivity contribution < 1.29 is 9.13 Å². The molecule has 0 aromatic heterocycles. The van der Waals surface area contributed by atoms with E-state index in [1.165, 1.54) is 13.2 Å². The number of ether oxygens (including phenoxy) is 1. The quantitative estimate of drug-likeness (QED) is 0.717. The van der Waals surface area contributed by atoms with Crippen molar-refractivity contribution >= 4 is 0 Å². The molecule has 0 saturated heterocycles. The zero-order valence-corrected chi connectivity index (χ0v) is 10.5. The van der Waals surface area contributed by atoms with Crippen LogP contribution in [0.2, 0.25) is 0 Å². The maximum absolute atomic E-state index is 13.4. The number of halogens is 1. The molecule has 0 amide bonds. The lowest BCUT2D eigenvalue weighted by Gasteiger charge is -2.08. The van der Waals surface area contributed by atoms with Crippen LogP contribution >= 0.6 is 0 Å². The van der Waals surface area contributed by atoms with E-state index in [9.17, 15) is 4.39 Å². The Morgan fingerprint density at radius 3 is 2.82 bits per heavy atom. The third-order valence-electron chi connectivity index (χ3n) is 2.56. The minimum Gasteiger partial charge on any atom is -0.494 e. The maximum atomic E-state index is 13.4. The summed E-state index contributed by atoms with van der Waals surface area (Å²) in [6.45, 7) is 3.56. The first-order valence-corrected chi connectivity index (χ1v) is 5.92. The van der Waals surface area contributed by atoms with Crippen LogP contribution in [0.4, 0.5) is 4.39 Å². The molecule has 1 rings (SSSR count). The first-order valence-electron chi connectivity index (χ1n) is 5.92. The Morgan fingerprint density at radius 2 is 2.24 bits per heavy atom. The van der Waals surface area contributed by atoms with Crippen molar-refractivity contribution in [3.63, 3.8) is 0 Å². The second-order valence-corrected chi connectivity index (χ2v) is 4.27. The Labute approximate surface area is 102 Å². The van der Waals surface area contributed by atoms with Gasteiger partial charge in [0, 0.05) is 12.6 Å². The molecule has 0 spiro atoms. The number of benzene rings is 1. The van der Waals surface area contributed by atoms with Gasteiger partial charge in [-0.1, -0.05) is 6.07 Å². The fourth-order valence-corrected chi connectivity index (χ4v) is 1.60. The third kappa shape index (κ3) is 5.15. The average Bonchev–Trinajstić information content (AvgIpc) is 2.28. The van der Waals surface area contributed by atoms with Crippen molar-refractivity contribution in [3.05, 3.63) is 29.6 Å². The van der Waals surface area contributed by atoms with E-state index in [2.05, 4.69) is 5.32 Å². The summed E-state index contributed by atoms with van der Waals surface area (Å²) in [6, 6.07) is 5.25.